The molecule has 2 rings (SSSR count). The maximum absolute atomic E-state index is 12.3. The number of nitrogens with zero attached hydrogens (tertiary/aromatic N) is 1. The molecule has 0 spiro atoms. The Morgan fingerprint density at radius 2 is 1.96 bits per heavy atom. The fraction of sp³-hybridized carbons (Fsp3) is 0.182. The Hall–Kier alpha value is -3.70. The second-order valence-electron chi connectivity index (χ2n) is 5.47. The molecule has 0 aromatic heterocycles. The number of hydrogen-bond donors (Lipinski definition) is 1. The summed E-state index contributed by atoms with van der Waals surface area (Å²) in [4.78, 5) is 12.3. The van der Waals surface area contributed by atoms with Crippen molar-refractivity contribution in [1.29, 1.82) is 5.26 Å². The van der Waals surface area contributed by atoms with E-state index in [1.165, 1.54) is 6.08 Å². The minimum Gasteiger partial charge on any atom is -0.490 e. The highest BCUT2D eigenvalue weighted by Crippen LogP contribution is 2.29. The van der Waals surface area contributed by atoms with Gasteiger partial charge >= 0.3 is 0 Å². The van der Waals surface area contributed by atoms with E-state index in [-0.39, 0.29) is 12.2 Å². The number of benzene rings is 2. The lowest BCUT2D eigenvalue weighted by Gasteiger charge is -2.11. The average molecular weight is 360 g/mol. The SMILES string of the molecule is C#CCOc1ccc(/C=C(/C#N)C(=O)NCc2ccccc2)cc1OCC. The molecule has 0 saturated carbocycles. The van der Waals surface area contributed by atoms with Crippen LogP contribution in [0.4, 0.5) is 0 Å². The summed E-state index contributed by atoms with van der Waals surface area (Å²) in [5.41, 5.74) is 1.61. The molecular formula is C22H20N2O3. The Labute approximate surface area is 159 Å². The van der Waals surface area contributed by atoms with Crippen molar-refractivity contribution in [2.45, 2.75) is 13.5 Å². The minimum atomic E-state index is -0.438. The van der Waals surface area contributed by atoms with E-state index >= 15 is 0 Å². The average Bonchev–Trinajstić information content (AvgIpc) is 2.70. The molecule has 0 atom stereocenters. The van der Waals surface area contributed by atoms with Crippen molar-refractivity contribution in [2.75, 3.05) is 13.2 Å². The van der Waals surface area contributed by atoms with E-state index in [1.807, 2.05) is 43.3 Å². The highest BCUT2D eigenvalue weighted by molar-refractivity contribution is 6.01. The zero-order valence-corrected chi connectivity index (χ0v) is 15.1. The Balaban J connectivity index is 2.15. The van der Waals surface area contributed by atoms with Gasteiger partial charge < -0.3 is 14.8 Å². The molecule has 1 amide bonds. The van der Waals surface area contributed by atoms with Crippen LogP contribution >= 0.6 is 0 Å². The fourth-order valence-corrected chi connectivity index (χ4v) is 2.31. The van der Waals surface area contributed by atoms with Gasteiger partial charge in [-0.05, 0) is 36.3 Å². The van der Waals surface area contributed by atoms with Gasteiger partial charge in [-0.15, -0.1) is 6.42 Å². The summed E-state index contributed by atoms with van der Waals surface area (Å²) in [5, 5.41) is 12.1. The quantitative estimate of drug-likeness (QED) is 0.445. The van der Waals surface area contributed by atoms with Crippen LogP contribution in [0.5, 0.6) is 11.5 Å². The van der Waals surface area contributed by atoms with Gasteiger partial charge in [-0.1, -0.05) is 42.3 Å². The summed E-state index contributed by atoms with van der Waals surface area (Å²) >= 11 is 0. The smallest absolute Gasteiger partial charge is 0.262 e. The summed E-state index contributed by atoms with van der Waals surface area (Å²) in [6.07, 6.45) is 6.72. The Morgan fingerprint density at radius 1 is 1.19 bits per heavy atom. The first-order chi connectivity index (χ1) is 13.2. The molecule has 2 aromatic rings. The van der Waals surface area contributed by atoms with E-state index in [2.05, 4.69) is 11.2 Å². The predicted octanol–water partition coefficient (Wildman–Crippen LogP) is 3.32. The fourth-order valence-electron chi connectivity index (χ4n) is 2.31. The molecule has 0 aliphatic rings. The van der Waals surface area contributed by atoms with Crippen molar-refractivity contribution in [3.63, 3.8) is 0 Å². The van der Waals surface area contributed by atoms with E-state index in [9.17, 15) is 10.1 Å². The molecule has 0 bridgehead atoms. The number of nitriles is 1. The Morgan fingerprint density at radius 3 is 2.63 bits per heavy atom. The van der Waals surface area contributed by atoms with Crippen molar-refractivity contribution >= 4 is 12.0 Å². The first-order valence-electron chi connectivity index (χ1n) is 8.45. The third kappa shape index (κ3) is 5.95. The van der Waals surface area contributed by atoms with Crippen LogP contribution < -0.4 is 14.8 Å². The highest BCUT2D eigenvalue weighted by atomic mass is 16.5. The Bertz CT molecular complexity index is 890. The van der Waals surface area contributed by atoms with Gasteiger partial charge in [-0.2, -0.15) is 5.26 Å². The van der Waals surface area contributed by atoms with Crippen LogP contribution in [0.2, 0.25) is 0 Å². The van der Waals surface area contributed by atoms with Crippen LogP contribution in [0.3, 0.4) is 0 Å². The molecule has 0 saturated heterocycles. The third-order valence-corrected chi connectivity index (χ3v) is 3.55. The van der Waals surface area contributed by atoms with E-state index in [4.69, 9.17) is 15.9 Å². The summed E-state index contributed by atoms with van der Waals surface area (Å²) in [7, 11) is 0. The van der Waals surface area contributed by atoms with Gasteiger partial charge in [-0.3, -0.25) is 4.79 Å². The van der Waals surface area contributed by atoms with Gasteiger partial charge in [0.05, 0.1) is 6.61 Å². The largest absolute Gasteiger partial charge is 0.490 e. The molecule has 0 heterocycles. The maximum Gasteiger partial charge on any atom is 0.262 e. The van der Waals surface area contributed by atoms with Gasteiger partial charge in [0, 0.05) is 6.54 Å². The summed E-state index contributed by atoms with van der Waals surface area (Å²) in [6.45, 7) is 2.77. The minimum absolute atomic E-state index is 0.00525. The standard InChI is InChI=1S/C22H20N2O3/c1-3-12-27-20-11-10-18(14-21(20)26-4-2)13-19(15-23)22(25)24-16-17-8-6-5-7-9-17/h1,5-11,13-14H,4,12,16H2,2H3,(H,24,25)/b19-13-. The lowest BCUT2D eigenvalue weighted by atomic mass is 10.1. The van der Waals surface area contributed by atoms with E-state index in [0.717, 1.165) is 5.56 Å². The second kappa shape index (κ2) is 10.3. The van der Waals surface area contributed by atoms with E-state index in [1.54, 1.807) is 18.2 Å². The molecule has 136 valence electrons. The summed E-state index contributed by atoms with van der Waals surface area (Å²) in [6, 6.07) is 16.6. The Kier molecular flexibility index (Phi) is 7.51. The molecule has 0 fully saturated rings. The monoisotopic (exact) mass is 360 g/mol. The molecule has 1 N–H and O–H groups in total. The molecule has 5 heteroatoms. The summed E-state index contributed by atoms with van der Waals surface area (Å²) in [5.74, 6) is 2.98. The molecular weight excluding hydrogens is 340 g/mol. The third-order valence-electron chi connectivity index (χ3n) is 3.55. The molecule has 0 aliphatic carbocycles. The van der Waals surface area contributed by atoms with Crippen LogP contribution in [0, 0.1) is 23.7 Å². The van der Waals surface area contributed by atoms with Crippen LogP contribution in [0.25, 0.3) is 6.08 Å². The van der Waals surface area contributed by atoms with E-state index < -0.39 is 5.91 Å². The number of nitrogens with one attached hydrogen (secondary N) is 1. The molecule has 5 nitrogen and oxygen atoms in total. The highest BCUT2D eigenvalue weighted by Gasteiger charge is 2.11. The van der Waals surface area contributed by atoms with Crippen molar-refractivity contribution in [1.82, 2.24) is 5.32 Å². The number of rotatable bonds is 8. The molecule has 2 aromatic carbocycles. The summed E-state index contributed by atoms with van der Waals surface area (Å²) < 4.78 is 11.0. The maximum atomic E-state index is 12.3. The topological polar surface area (TPSA) is 71.3 Å². The van der Waals surface area contributed by atoms with Crippen LogP contribution in [-0.2, 0) is 11.3 Å². The van der Waals surface area contributed by atoms with Gasteiger partial charge in [0.25, 0.3) is 5.91 Å². The predicted molar refractivity (Wildman–Crippen MR) is 104 cm³/mol. The molecule has 0 radical (unpaired) electrons. The number of hydrogen-bond acceptors (Lipinski definition) is 4. The van der Waals surface area contributed by atoms with Crippen molar-refractivity contribution in [2.24, 2.45) is 0 Å². The lowest BCUT2D eigenvalue weighted by molar-refractivity contribution is -0.117. The zero-order valence-electron chi connectivity index (χ0n) is 15.1. The second-order valence-corrected chi connectivity index (χ2v) is 5.47. The van der Waals surface area contributed by atoms with Gasteiger partial charge in [0.1, 0.15) is 18.2 Å². The number of amides is 1. The number of ether oxygens (including phenoxy) is 2. The lowest BCUT2D eigenvalue weighted by Crippen LogP contribution is -2.23. The molecule has 0 unspecified atom stereocenters. The van der Waals surface area contributed by atoms with Gasteiger partial charge in [0.15, 0.2) is 11.5 Å². The van der Waals surface area contributed by atoms with Crippen molar-refractivity contribution in [3.8, 4) is 29.9 Å². The number of terminal acetylenes is 1. The first kappa shape index (κ1) is 19.6. The van der Waals surface area contributed by atoms with Crippen molar-refractivity contribution < 1.29 is 14.3 Å². The van der Waals surface area contributed by atoms with Crippen molar-refractivity contribution in [3.05, 3.63) is 65.2 Å². The van der Waals surface area contributed by atoms with Crippen LogP contribution in [0.15, 0.2) is 54.1 Å². The normalized spacial score (nSPS) is 10.4. The zero-order chi connectivity index (χ0) is 19.5. The number of carbonyl (C=O) groups is 1. The molecule has 0 aliphatic heterocycles. The van der Waals surface area contributed by atoms with Gasteiger partial charge in [0.2, 0.25) is 0 Å². The van der Waals surface area contributed by atoms with Crippen LogP contribution in [0.1, 0.15) is 18.1 Å². The van der Waals surface area contributed by atoms with Crippen LogP contribution in [-0.4, -0.2) is 19.1 Å². The van der Waals surface area contributed by atoms with E-state index in [0.29, 0.717) is 30.2 Å². The number of carbonyl (C=O) groups excluding carboxylic acids is 1. The van der Waals surface area contributed by atoms with Gasteiger partial charge in [-0.25, -0.2) is 0 Å². The molecule has 27 heavy (non-hydrogen) atoms. The first-order valence-corrected chi connectivity index (χ1v) is 8.45.